The van der Waals surface area contributed by atoms with E-state index in [1.54, 1.807) is 11.9 Å². The zero-order valence-electron chi connectivity index (χ0n) is 18.9. The lowest BCUT2D eigenvalue weighted by molar-refractivity contribution is -0.123. The molecule has 0 saturated carbocycles. The van der Waals surface area contributed by atoms with E-state index in [0.717, 1.165) is 24.5 Å². The Bertz CT molecular complexity index is 928. The number of hydrogen-bond acceptors (Lipinski definition) is 3. The zero-order valence-corrected chi connectivity index (χ0v) is 21.3. The molecule has 2 aromatic rings. The third kappa shape index (κ3) is 6.94. The van der Waals surface area contributed by atoms with Crippen molar-refractivity contribution in [1.29, 1.82) is 0 Å². The number of nitrogens with one attached hydrogen (secondary N) is 2. The van der Waals surface area contributed by atoms with Crippen molar-refractivity contribution in [3.05, 3.63) is 70.8 Å². The second-order valence-electron chi connectivity index (χ2n) is 7.70. The first-order chi connectivity index (χ1) is 15.0. The van der Waals surface area contributed by atoms with Gasteiger partial charge in [0.1, 0.15) is 0 Å². The number of rotatable bonds is 6. The van der Waals surface area contributed by atoms with Gasteiger partial charge in [0.05, 0.1) is 6.54 Å². The number of amides is 2. The number of aliphatic imine (C=N–C) groups is 1. The summed E-state index contributed by atoms with van der Waals surface area (Å²) in [6.07, 6.45) is 1.04. The summed E-state index contributed by atoms with van der Waals surface area (Å²) in [6, 6.07) is 16.1. The smallest absolute Gasteiger partial charge is 0.254 e. The van der Waals surface area contributed by atoms with Gasteiger partial charge in [-0.3, -0.25) is 14.6 Å². The topological polar surface area (TPSA) is 77.0 Å². The van der Waals surface area contributed by atoms with Crippen LogP contribution >= 0.6 is 24.0 Å². The van der Waals surface area contributed by atoms with Crippen molar-refractivity contribution in [2.24, 2.45) is 4.99 Å². The number of piperazine rings is 1. The summed E-state index contributed by atoms with van der Waals surface area (Å²) in [5.74, 6) is 0.579. The van der Waals surface area contributed by atoms with Crippen molar-refractivity contribution in [1.82, 2.24) is 20.4 Å². The number of benzene rings is 2. The highest BCUT2D eigenvalue weighted by atomic mass is 127. The Balaban J connectivity index is 0.00000363. The molecule has 2 aromatic carbocycles. The molecule has 7 nitrogen and oxygen atoms in total. The van der Waals surface area contributed by atoms with Gasteiger partial charge in [-0.15, -0.1) is 24.0 Å². The minimum atomic E-state index is -0.114. The number of aryl methyl sites for hydroxylation is 1. The fraction of sp³-hybridized carbons (Fsp3) is 0.375. The van der Waals surface area contributed by atoms with Crippen LogP contribution in [0.3, 0.4) is 0 Å². The maximum Gasteiger partial charge on any atom is 0.254 e. The molecule has 172 valence electrons. The van der Waals surface area contributed by atoms with Crippen LogP contribution in [0, 0.1) is 0 Å². The Labute approximate surface area is 207 Å². The van der Waals surface area contributed by atoms with Gasteiger partial charge in [0, 0.05) is 45.8 Å². The predicted octanol–water partition coefficient (Wildman–Crippen LogP) is 2.65. The van der Waals surface area contributed by atoms with Crippen LogP contribution in [0.1, 0.15) is 34.0 Å². The van der Waals surface area contributed by atoms with Gasteiger partial charge in [-0.05, 0) is 35.2 Å². The van der Waals surface area contributed by atoms with Gasteiger partial charge < -0.3 is 20.4 Å². The van der Waals surface area contributed by atoms with E-state index in [4.69, 9.17) is 0 Å². The maximum atomic E-state index is 12.6. The molecule has 32 heavy (non-hydrogen) atoms. The summed E-state index contributed by atoms with van der Waals surface area (Å²) in [5.41, 5.74) is 4.21. The van der Waals surface area contributed by atoms with E-state index in [9.17, 15) is 9.59 Å². The number of guanidine groups is 1. The Hall–Kier alpha value is -2.62. The van der Waals surface area contributed by atoms with Gasteiger partial charge in [0.25, 0.3) is 5.91 Å². The van der Waals surface area contributed by atoms with Gasteiger partial charge >= 0.3 is 0 Å². The molecular formula is C24H32IN5O2. The van der Waals surface area contributed by atoms with Crippen molar-refractivity contribution in [2.45, 2.75) is 26.4 Å². The molecule has 1 heterocycles. The molecule has 2 N–H and O–H groups in total. The monoisotopic (exact) mass is 549 g/mol. The Kier molecular flexibility index (Phi) is 9.96. The summed E-state index contributed by atoms with van der Waals surface area (Å²) < 4.78 is 0. The van der Waals surface area contributed by atoms with E-state index in [0.29, 0.717) is 25.2 Å². The van der Waals surface area contributed by atoms with E-state index in [1.165, 1.54) is 11.1 Å². The van der Waals surface area contributed by atoms with Crippen LogP contribution in [0.2, 0.25) is 0 Å². The lowest BCUT2D eigenvalue weighted by Gasteiger charge is -2.26. The standard InChI is InChI=1S/C24H31N5O2.HI/c1-4-18-5-7-20(8-6-18)16-28(3)24(25-2)27-15-19-9-11-21(12-10-19)23(31)29-14-13-26-22(30)17-29;/h5-12H,4,13-17H2,1-3H3,(H,25,27)(H,26,30);1H. The summed E-state index contributed by atoms with van der Waals surface area (Å²) >= 11 is 0. The summed E-state index contributed by atoms with van der Waals surface area (Å²) in [5, 5.41) is 6.11. The minimum absolute atomic E-state index is 0. The van der Waals surface area contributed by atoms with Crippen molar-refractivity contribution < 1.29 is 9.59 Å². The largest absolute Gasteiger partial charge is 0.353 e. The number of nitrogens with zero attached hydrogens (tertiary/aromatic N) is 3. The molecular weight excluding hydrogens is 517 g/mol. The fourth-order valence-electron chi connectivity index (χ4n) is 3.55. The van der Waals surface area contributed by atoms with Crippen molar-refractivity contribution in [3.63, 3.8) is 0 Å². The van der Waals surface area contributed by atoms with Crippen molar-refractivity contribution in [2.75, 3.05) is 33.7 Å². The zero-order chi connectivity index (χ0) is 22.2. The number of halogens is 1. The van der Waals surface area contributed by atoms with Crippen LogP contribution in [-0.4, -0.2) is 61.3 Å². The van der Waals surface area contributed by atoms with Crippen molar-refractivity contribution >= 4 is 41.8 Å². The molecule has 8 heteroatoms. The summed E-state index contributed by atoms with van der Waals surface area (Å²) in [4.78, 5) is 32.1. The minimum Gasteiger partial charge on any atom is -0.353 e. The SMILES string of the molecule is CCc1ccc(CN(C)C(=NC)NCc2ccc(C(=O)N3CCNC(=O)C3)cc2)cc1.I. The highest BCUT2D eigenvalue weighted by molar-refractivity contribution is 14.0. The molecule has 1 fully saturated rings. The Morgan fingerprint density at radius 1 is 1.09 bits per heavy atom. The highest BCUT2D eigenvalue weighted by Gasteiger charge is 2.22. The van der Waals surface area contributed by atoms with Gasteiger partial charge in [-0.25, -0.2) is 0 Å². The Morgan fingerprint density at radius 2 is 1.72 bits per heavy atom. The molecule has 0 bridgehead atoms. The molecule has 1 aliphatic heterocycles. The predicted molar refractivity (Wildman–Crippen MR) is 138 cm³/mol. The molecule has 0 atom stereocenters. The van der Waals surface area contributed by atoms with E-state index in [1.807, 2.05) is 31.3 Å². The van der Waals surface area contributed by atoms with Gasteiger partial charge in [-0.1, -0.05) is 43.3 Å². The summed E-state index contributed by atoms with van der Waals surface area (Å²) in [6.45, 7) is 4.68. The van der Waals surface area contributed by atoms with E-state index in [-0.39, 0.29) is 42.3 Å². The maximum absolute atomic E-state index is 12.6. The van der Waals surface area contributed by atoms with E-state index < -0.39 is 0 Å². The molecule has 0 spiro atoms. The van der Waals surface area contributed by atoms with E-state index in [2.05, 4.69) is 51.7 Å². The van der Waals surface area contributed by atoms with Gasteiger partial charge in [-0.2, -0.15) is 0 Å². The average molecular weight is 549 g/mol. The molecule has 0 radical (unpaired) electrons. The van der Waals surface area contributed by atoms with Crippen LogP contribution in [0.25, 0.3) is 0 Å². The van der Waals surface area contributed by atoms with Gasteiger partial charge in [0.2, 0.25) is 5.91 Å². The first-order valence-electron chi connectivity index (χ1n) is 10.6. The third-order valence-corrected chi connectivity index (χ3v) is 5.40. The number of hydrogen-bond donors (Lipinski definition) is 2. The van der Waals surface area contributed by atoms with Crippen molar-refractivity contribution in [3.8, 4) is 0 Å². The molecule has 3 rings (SSSR count). The lowest BCUT2D eigenvalue weighted by atomic mass is 10.1. The quantitative estimate of drug-likeness (QED) is 0.330. The number of carbonyl (C=O) groups excluding carboxylic acids is 2. The fourth-order valence-corrected chi connectivity index (χ4v) is 3.55. The molecule has 0 aliphatic carbocycles. The third-order valence-electron chi connectivity index (χ3n) is 5.40. The normalized spacial score (nSPS) is 13.8. The molecule has 2 amide bonds. The van der Waals surface area contributed by atoms with Crippen LogP contribution in [0.15, 0.2) is 53.5 Å². The van der Waals surface area contributed by atoms with Crippen LogP contribution in [0.4, 0.5) is 0 Å². The highest BCUT2D eigenvalue weighted by Crippen LogP contribution is 2.10. The lowest BCUT2D eigenvalue weighted by Crippen LogP contribution is -2.49. The second kappa shape index (κ2) is 12.4. The molecule has 0 aromatic heterocycles. The van der Waals surface area contributed by atoms with Gasteiger partial charge in [0.15, 0.2) is 5.96 Å². The first-order valence-corrected chi connectivity index (χ1v) is 10.6. The average Bonchev–Trinajstić information content (AvgIpc) is 2.80. The first kappa shape index (κ1) is 25.6. The number of carbonyl (C=O) groups is 2. The van der Waals surface area contributed by atoms with Crippen LogP contribution in [-0.2, 0) is 24.3 Å². The molecule has 1 aliphatic rings. The second-order valence-corrected chi connectivity index (χ2v) is 7.70. The molecule has 0 unspecified atom stereocenters. The Morgan fingerprint density at radius 3 is 2.31 bits per heavy atom. The molecule has 1 saturated heterocycles. The van der Waals surface area contributed by atoms with Crippen LogP contribution < -0.4 is 10.6 Å². The van der Waals surface area contributed by atoms with Crippen LogP contribution in [0.5, 0.6) is 0 Å². The summed E-state index contributed by atoms with van der Waals surface area (Å²) in [7, 11) is 3.79. The van der Waals surface area contributed by atoms with E-state index >= 15 is 0 Å².